The van der Waals surface area contributed by atoms with Crippen LogP contribution in [-0.2, 0) is 0 Å². The van der Waals surface area contributed by atoms with Crippen LogP contribution in [0.5, 0.6) is 0 Å². The van der Waals surface area contributed by atoms with Crippen LogP contribution in [0.25, 0.3) is 39.1 Å². The van der Waals surface area contributed by atoms with Gasteiger partial charge in [0.25, 0.3) is 0 Å². The Bertz CT molecular complexity index is 1320. The van der Waals surface area contributed by atoms with Gasteiger partial charge in [-0.1, -0.05) is 41.9 Å². The number of hydrogen-bond acceptors (Lipinski definition) is 4. The normalized spacial score (nSPS) is 11.1. The number of hydrogen-bond donors (Lipinski definition) is 0. The molecule has 5 rings (SSSR count). The summed E-state index contributed by atoms with van der Waals surface area (Å²) >= 11 is 6.29. The van der Waals surface area contributed by atoms with Gasteiger partial charge in [0.15, 0.2) is 5.82 Å². The van der Waals surface area contributed by atoms with E-state index in [-0.39, 0.29) is 5.82 Å². The third kappa shape index (κ3) is 3.13. The molecule has 3 aromatic carbocycles. The first-order valence-corrected chi connectivity index (χ1v) is 9.27. The summed E-state index contributed by atoms with van der Waals surface area (Å²) in [5, 5.41) is 13.7. The Morgan fingerprint density at radius 2 is 1.69 bits per heavy atom. The molecule has 2 heterocycles. The minimum absolute atomic E-state index is 0.324. The highest BCUT2D eigenvalue weighted by Crippen LogP contribution is 2.37. The van der Waals surface area contributed by atoms with Gasteiger partial charge in [0, 0.05) is 27.7 Å². The Morgan fingerprint density at radius 1 is 0.897 bits per heavy atom. The second kappa shape index (κ2) is 7.07. The predicted molar refractivity (Wildman–Crippen MR) is 110 cm³/mol. The van der Waals surface area contributed by atoms with E-state index in [4.69, 9.17) is 11.6 Å². The molecule has 0 unspecified atom stereocenters. The summed E-state index contributed by atoms with van der Waals surface area (Å²) in [7, 11) is 0. The average Bonchev–Trinajstić information content (AvgIpc) is 3.23. The summed E-state index contributed by atoms with van der Waals surface area (Å²) in [6.07, 6.45) is 1.75. The lowest BCUT2D eigenvalue weighted by Gasteiger charge is -2.13. The van der Waals surface area contributed by atoms with Gasteiger partial charge in [0.2, 0.25) is 0 Å². The van der Waals surface area contributed by atoms with Crippen molar-refractivity contribution in [2.45, 2.75) is 0 Å². The smallest absolute Gasteiger partial charge is 0.189 e. The van der Waals surface area contributed by atoms with Crippen LogP contribution in [0, 0.1) is 5.82 Å². The Kier molecular flexibility index (Phi) is 4.26. The van der Waals surface area contributed by atoms with Crippen molar-refractivity contribution in [1.82, 2.24) is 25.2 Å². The van der Waals surface area contributed by atoms with E-state index in [1.807, 2.05) is 48.5 Å². The molecule has 0 atom stereocenters. The maximum absolute atomic E-state index is 13.4. The fourth-order valence-electron chi connectivity index (χ4n) is 3.36. The Balaban J connectivity index is 1.81. The van der Waals surface area contributed by atoms with Crippen molar-refractivity contribution in [3.05, 3.63) is 89.8 Å². The van der Waals surface area contributed by atoms with Crippen molar-refractivity contribution in [3.63, 3.8) is 0 Å². The lowest BCUT2D eigenvalue weighted by Crippen LogP contribution is -2.02. The topological polar surface area (TPSA) is 56.5 Å². The Hall–Kier alpha value is -3.64. The molecule has 0 amide bonds. The number of pyridine rings is 1. The molecule has 29 heavy (non-hydrogen) atoms. The number of aromatic nitrogens is 5. The van der Waals surface area contributed by atoms with E-state index in [1.54, 1.807) is 23.0 Å². The van der Waals surface area contributed by atoms with E-state index in [9.17, 15) is 4.39 Å². The first-order chi connectivity index (χ1) is 14.2. The molecule has 0 saturated heterocycles. The number of tetrazole rings is 1. The van der Waals surface area contributed by atoms with E-state index < -0.39 is 0 Å². The summed E-state index contributed by atoms with van der Waals surface area (Å²) in [5.74, 6) is 0.181. The average molecular weight is 402 g/mol. The van der Waals surface area contributed by atoms with E-state index in [2.05, 4.69) is 20.5 Å². The molecule has 0 aliphatic carbocycles. The van der Waals surface area contributed by atoms with Crippen molar-refractivity contribution in [2.75, 3.05) is 0 Å². The van der Waals surface area contributed by atoms with E-state index in [0.717, 1.165) is 27.6 Å². The van der Waals surface area contributed by atoms with Crippen LogP contribution in [0.15, 0.2) is 79.0 Å². The SMILES string of the molecule is Fc1ccc(-n2nnnc2-c2cnc3ccc(Cl)cc3c2-c2ccccc2)cc1. The van der Waals surface area contributed by atoms with Crippen molar-refractivity contribution in [1.29, 1.82) is 0 Å². The summed E-state index contributed by atoms with van der Waals surface area (Å²) in [5.41, 5.74) is 4.14. The number of halogens is 2. The molecule has 0 radical (unpaired) electrons. The van der Waals surface area contributed by atoms with Gasteiger partial charge in [-0.3, -0.25) is 4.98 Å². The van der Waals surface area contributed by atoms with E-state index in [0.29, 0.717) is 16.5 Å². The first-order valence-electron chi connectivity index (χ1n) is 8.89. The standard InChI is InChI=1S/C22H13ClFN5/c23-15-6-11-20-18(12-15)21(14-4-2-1-3-5-14)19(13-25-20)22-26-27-28-29(22)17-9-7-16(24)8-10-17/h1-13H. The lowest BCUT2D eigenvalue weighted by atomic mass is 9.96. The number of benzene rings is 3. The number of rotatable bonds is 3. The van der Waals surface area contributed by atoms with Gasteiger partial charge in [-0.15, -0.1) is 5.10 Å². The third-order valence-electron chi connectivity index (χ3n) is 4.67. The van der Waals surface area contributed by atoms with Crippen LogP contribution in [0.3, 0.4) is 0 Å². The predicted octanol–water partition coefficient (Wildman–Crippen LogP) is 5.34. The van der Waals surface area contributed by atoms with Crippen molar-refractivity contribution in [3.8, 4) is 28.2 Å². The minimum atomic E-state index is -0.324. The Labute approximate surface area is 170 Å². The van der Waals surface area contributed by atoms with Crippen LogP contribution < -0.4 is 0 Å². The van der Waals surface area contributed by atoms with Gasteiger partial charge in [-0.2, -0.15) is 4.68 Å². The van der Waals surface area contributed by atoms with E-state index >= 15 is 0 Å². The maximum atomic E-state index is 13.4. The second-order valence-electron chi connectivity index (χ2n) is 6.47. The molecule has 5 nitrogen and oxygen atoms in total. The summed E-state index contributed by atoms with van der Waals surface area (Å²) in [6.45, 7) is 0. The molecule has 0 fully saturated rings. The molecular weight excluding hydrogens is 389 g/mol. The molecule has 7 heteroatoms. The quantitative estimate of drug-likeness (QED) is 0.409. The molecule has 0 aliphatic rings. The third-order valence-corrected chi connectivity index (χ3v) is 4.91. The van der Waals surface area contributed by atoms with Gasteiger partial charge in [-0.25, -0.2) is 4.39 Å². The van der Waals surface area contributed by atoms with Gasteiger partial charge in [-0.05, 0) is 58.5 Å². The largest absolute Gasteiger partial charge is 0.255 e. The zero-order valence-corrected chi connectivity index (χ0v) is 15.8. The molecule has 0 spiro atoms. The fourth-order valence-corrected chi connectivity index (χ4v) is 3.53. The highest BCUT2D eigenvalue weighted by atomic mass is 35.5. The second-order valence-corrected chi connectivity index (χ2v) is 6.90. The van der Waals surface area contributed by atoms with Crippen molar-refractivity contribution in [2.24, 2.45) is 0 Å². The van der Waals surface area contributed by atoms with E-state index in [1.165, 1.54) is 12.1 Å². The van der Waals surface area contributed by atoms with Crippen LogP contribution in [0.1, 0.15) is 0 Å². The van der Waals surface area contributed by atoms with Crippen molar-refractivity contribution < 1.29 is 4.39 Å². The van der Waals surface area contributed by atoms with Crippen LogP contribution in [0.4, 0.5) is 4.39 Å². The summed E-state index contributed by atoms with van der Waals surface area (Å²) in [6, 6.07) is 21.5. The zero-order chi connectivity index (χ0) is 19.8. The number of fused-ring (bicyclic) bond motifs is 1. The first kappa shape index (κ1) is 17.5. The molecule has 0 bridgehead atoms. The van der Waals surface area contributed by atoms with Crippen LogP contribution in [-0.4, -0.2) is 25.2 Å². The molecule has 2 aromatic heterocycles. The van der Waals surface area contributed by atoms with Gasteiger partial charge < -0.3 is 0 Å². The van der Waals surface area contributed by atoms with Crippen LogP contribution in [0.2, 0.25) is 5.02 Å². The molecule has 5 aromatic rings. The summed E-state index contributed by atoms with van der Waals surface area (Å²) in [4.78, 5) is 4.59. The molecule has 0 aliphatic heterocycles. The highest BCUT2D eigenvalue weighted by Gasteiger charge is 2.19. The van der Waals surface area contributed by atoms with Gasteiger partial charge >= 0.3 is 0 Å². The molecule has 140 valence electrons. The monoisotopic (exact) mass is 401 g/mol. The van der Waals surface area contributed by atoms with Gasteiger partial charge in [0.1, 0.15) is 5.82 Å². The zero-order valence-electron chi connectivity index (χ0n) is 15.0. The lowest BCUT2D eigenvalue weighted by molar-refractivity contribution is 0.627. The maximum Gasteiger partial charge on any atom is 0.189 e. The molecule has 0 N–H and O–H groups in total. The van der Waals surface area contributed by atoms with Gasteiger partial charge in [0.05, 0.1) is 11.2 Å². The van der Waals surface area contributed by atoms with Crippen LogP contribution >= 0.6 is 11.6 Å². The highest BCUT2D eigenvalue weighted by molar-refractivity contribution is 6.31. The molecule has 0 saturated carbocycles. The Morgan fingerprint density at radius 3 is 2.48 bits per heavy atom. The molecular formula is C22H13ClFN5. The fraction of sp³-hybridized carbons (Fsp3) is 0. The van der Waals surface area contributed by atoms with Crippen molar-refractivity contribution >= 4 is 22.5 Å². The number of nitrogens with zero attached hydrogens (tertiary/aromatic N) is 5. The summed E-state index contributed by atoms with van der Waals surface area (Å²) < 4.78 is 14.9. The minimum Gasteiger partial charge on any atom is -0.255 e.